The number of hydrogen-bond acceptors (Lipinski definition) is 4. The van der Waals surface area contributed by atoms with Gasteiger partial charge in [0.05, 0.1) is 24.9 Å². The summed E-state index contributed by atoms with van der Waals surface area (Å²) in [5, 5.41) is 6.53. The molecule has 0 aromatic carbocycles. The molecule has 8 heteroatoms. The van der Waals surface area contributed by atoms with Gasteiger partial charge in [0.2, 0.25) is 0 Å². The minimum Gasteiger partial charge on any atom is -0.462 e. The molecule has 0 amide bonds. The zero-order valence-corrected chi connectivity index (χ0v) is 10.8. The van der Waals surface area contributed by atoms with Gasteiger partial charge in [0.1, 0.15) is 5.56 Å². The summed E-state index contributed by atoms with van der Waals surface area (Å²) in [6.07, 6.45) is -3.76. The molecule has 0 bridgehead atoms. The number of aromatic nitrogens is 2. The number of carbonyl (C=O) groups is 1. The Morgan fingerprint density at radius 3 is 2.79 bits per heavy atom. The Morgan fingerprint density at radius 1 is 1.53 bits per heavy atom. The largest absolute Gasteiger partial charge is 0.462 e. The monoisotopic (exact) mass is 279 g/mol. The van der Waals surface area contributed by atoms with E-state index < -0.39 is 18.6 Å². The van der Waals surface area contributed by atoms with E-state index in [1.807, 2.05) is 0 Å². The minimum atomic E-state index is -4.19. The molecule has 1 aromatic heterocycles. The van der Waals surface area contributed by atoms with Gasteiger partial charge in [-0.25, -0.2) is 4.79 Å². The van der Waals surface area contributed by atoms with E-state index in [2.05, 4.69) is 10.4 Å². The van der Waals surface area contributed by atoms with Gasteiger partial charge in [0.25, 0.3) is 0 Å². The summed E-state index contributed by atoms with van der Waals surface area (Å²) < 4.78 is 42.2. The van der Waals surface area contributed by atoms with E-state index >= 15 is 0 Å². The Balaban J connectivity index is 2.58. The molecule has 0 unspecified atom stereocenters. The van der Waals surface area contributed by atoms with Gasteiger partial charge in [-0.1, -0.05) is 0 Å². The van der Waals surface area contributed by atoms with Crippen molar-refractivity contribution in [2.24, 2.45) is 7.05 Å². The van der Waals surface area contributed by atoms with Gasteiger partial charge in [-0.15, -0.1) is 0 Å². The normalized spacial score (nSPS) is 11.6. The van der Waals surface area contributed by atoms with E-state index in [4.69, 9.17) is 4.74 Å². The predicted molar refractivity (Wildman–Crippen MR) is 61.5 cm³/mol. The van der Waals surface area contributed by atoms with E-state index in [1.165, 1.54) is 10.9 Å². The smallest absolute Gasteiger partial charge is 0.390 e. The Hall–Kier alpha value is -1.57. The van der Waals surface area contributed by atoms with Crippen molar-refractivity contribution >= 4 is 5.97 Å². The first-order valence-electron chi connectivity index (χ1n) is 5.80. The molecule has 5 nitrogen and oxygen atoms in total. The zero-order valence-electron chi connectivity index (χ0n) is 10.8. The summed E-state index contributed by atoms with van der Waals surface area (Å²) in [6.45, 7) is 1.82. The van der Waals surface area contributed by atoms with Crippen LogP contribution in [0.1, 0.15) is 29.4 Å². The molecule has 0 saturated heterocycles. The number of halogens is 3. The Labute approximate surface area is 108 Å². The summed E-state index contributed by atoms with van der Waals surface area (Å²) >= 11 is 0. The van der Waals surface area contributed by atoms with Crippen LogP contribution in [-0.2, 0) is 18.3 Å². The molecule has 1 heterocycles. The van der Waals surface area contributed by atoms with E-state index in [0.717, 1.165) is 0 Å². The maximum absolute atomic E-state index is 12.0. The summed E-state index contributed by atoms with van der Waals surface area (Å²) in [7, 11) is 1.61. The maximum Gasteiger partial charge on any atom is 0.390 e. The summed E-state index contributed by atoms with van der Waals surface area (Å²) in [5.41, 5.74) is 0.768. The number of rotatable bonds is 6. The topological polar surface area (TPSA) is 56.1 Å². The Bertz CT molecular complexity index is 429. The zero-order chi connectivity index (χ0) is 14.5. The third-order valence-electron chi connectivity index (χ3n) is 2.43. The first kappa shape index (κ1) is 15.5. The van der Waals surface area contributed by atoms with Crippen LogP contribution in [0, 0.1) is 0 Å². The molecule has 0 atom stereocenters. The number of carbonyl (C=O) groups excluding carboxylic acids is 1. The fourth-order valence-electron chi connectivity index (χ4n) is 1.49. The molecule has 0 saturated carbocycles. The lowest BCUT2D eigenvalue weighted by Gasteiger charge is -2.09. The Morgan fingerprint density at radius 2 is 2.21 bits per heavy atom. The second kappa shape index (κ2) is 6.55. The highest BCUT2D eigenvalue weighted by atomic mass is 19.4. The highest BCUT2D eigenvalue weighted by Gasteiger charge is 2.26. The van der Waals surface area contributed by atoms with Crippen LogP contribution in [-0.4, -0.2) is 35.1 Å². The summed E-state index contributed by atoms with van der Waals surface area (Å²) in [6, 6.07) is 0. The standard InChI is InChI=1S/C11H16F3N3O2/c1-3-19-10(18)8-6-16-17(2)9(8)7-15-5-4-11(12,13)14/h6,15H,3-5,7H2,1-2H3. The fourth-order valence-corrected chi connectivity index (χ4v) is 1.49. The highest BCUT2D eigenvalue weighted by molar-refractivity contribution is 5.90. The van der Waals surface area contributed by atoms with Gasteiger partial charge in [-0.05, 0) is 6.92 Å². The van der Waals surface area contributed by atoms with Crippen LogP contribution in [0.5, 0.6) is 0 Å². The number of ether oxygens (including phenoxy) is 1. The van der Waals surface area contributed by atoms with Crippen LogP contribution in [0.15, 0.2) is 6.20 Å². The molecular weight excluding hydrogens is 263 g/mol. The van der Waals surface area contributed by atoms with Gasteiger partial charge < -0.3 is 10.1 Å². The molecule has 0 spiro atoms. The lowest BCUT2D eigenvalue weighted by Crippen LogP contribution is -2.23. The molecule has 108 valence electrons. The first-order chi connectivity index (χ1) is 8.85. The number of alkyl halides is 3. The van der Waals surface area contributed by atoms with Crippen LogP contribution in [0.3, 0.4) is 0 Å². The average Bonchev–Trinajstić information content (AvgIpc) is 2.65. The SMILES string of the molecule is CCOC(=O)c1cnn(C)c1CNCCC(F)(F)F. The first-order valence-corrected chi connectivity index (χ1v) is 5.80. The third kappa shape index (κ3) is 4.90. The lowest BCUT2D eigenvalue weighted by atomic mass is 10.2. The van der Waals surface area contributed by atoms with Crippen LogP contribution in [0.2, 0.25) is 0 Å². The number of esters is 1. The maximum atomic E-state index is 12.0. The van der Waals surface area contributed by atoms with Crippen LogP contribution in [0.4, 0.5) is 13.2 Å². The Kier molecular flexibility index (Phi) is 5.34. The van der Waals surface area contributed by atoms with E-state index in [0.29, 0.717) is 5.69 Å². The average molecular weight is 279 g/mol. The second-order valence-corrected chi connectivity index (χ2v) is 3.89. The van der Waals surface area contributed by atoms with Crippen LogP contribution >= 0.6 is 0 Å². The number of hydrogen-bond donors (Lipinski definition) is 1. The molecule has 1 N–H and O–H groups in total. The summed E-state index contributed by atoms with van der Waals surface area (Å²) in [4.78, 5) is 11.6. The number of nitrogens with zero attached hydrogens (tertiary/aromatic N) is 2. The van der Waals surface area contributed by atoms with Gasteiger partial charge in [-0.3, -0.25) is 4.68 Å². The van der Waals surface area contributed by atoms with Gasteiger partial charge in [-0.2, -0.15) is 18.3 Å². The van der Waals surface area contributed by atoms with Gasteiger partial charge >= 0.3 is 12.1 Å². The van der Waals surface area contributed by atoms with Crippen molar-refractivity contribution in [1.82, 2.24) is 15.1 Å². The molecule has 19 heavy (non-hydrogen) atoms. The van der Waals surface area contributed by atoms with Crippen molar-refractivity contribution in [3.63, 3.8) is 0 Å². The molecule has 1 rings (SSSR count). The summed E-state index contributed by atoms with van der Waals surface area (Å²) in [5.74, 6) is -0.525. The molecular formula is C11H16F3N3O2. The van der Waals surface area contributed by atoms with E-state index in [-0.39, 0.29) is 25.3 Å². The molecule has 1 aromatic rings. The van der Waals surface area contributed by atoms with Crippen molar-refractivity contribution in [3.8, 4) is 0 Å². The van der Waals surface area contributed by atoms with E-state index in [1.54, 1.807) is 14.0 Å². The minimum absolute atomic E-state index is 0.126. The highest BCUT2D eigenvalue weighted by Crippen LogP contribution is 2.18. The molecule has 0 radical (unpaired) electrons. The van der Waals surface area contributed by atoms with Crippen LogP contribution < -0.4 is 5.32 Å². The van der Waals surface area contributed by atoms with Crippen molar-refractivity contribution in [3.05, 3.63) is 17.5 Å². The molecule has 0 fully saturated rings. The predicted octanol–water partition coefficient (Wildman–Crippen LogP) is 1.64. The molecule has 0 aliphatic heterocycles. The quantitative estimate of drug-likeness (QED) is 0.635. The number of nitrogens with one attached hydrogen (secondary N) is 1. The number of aryl methyl sites for hydroxylation is 1. The molecule has 0 aliphatic rings. The van der Waals surface area contributed by atoms with Gasteiger partial charge in [0.15, 0.2) is 0 Å². The van der Waals surface area contributed by atoms with Crippen molar-refractivity contribution in [2.75, 3.05) is 13.2 Å². The van der Waals surface area contributed by atoms with Gasteiger partial charge in [0, 0.05) is 20.1 Å². The van der Waals surface area contributed by atoms with Crippen molar-refractivity contribution in [2.45, 2.75) is 26.1 Å². The van der Waals surface area contributed by atoms with E-state index in [9.17, 15) is 18.0 Å². The van der Waals surface area contributed by atoms with Crippen molar-refractivity contribution in [1.29, 1.82) is 0 Å². The van der Waals surface area contributed by atoms with Crippen molar-refractivity contribution < 1.29 is 22.7 Å². The second-order valence-electron chi connectivity index (χ2n) is 3.89. The third-order valence-corrected chi connectivity index (χ3v) is 2.43. The fraction of sp³-hybridized carbons (Fsp3) is 0.636. The molecule has 0 aliphatic carbocycles. The van der Waals surface area contributed by atoms with Crippen LogP contribution in [0.25, 0.3) is 0 Å². The lowest BCUT2D eigenvalue weighted by molar-refractivity contribution is -0.133.